The van der Waals surface area contributed by atoms with E-state index in [0.717, 1.165) is 0 Å². The maximum Gasteiger partial charge on any atom is 0.0883 e. The Morgan fingerprint density at radius 2 is 1.16 bits per heavy atom. The molecule has 0 aromatic heterocycles. The third kappa shape index (κ3) is 1.85. The summed E-state index contributed by atoms with van der Waals surface area (Å²) in [5.74, 6) is 0. The lowest BCUT2D eigenvalue weighted by Crippen LogP contribution is -2.15. The molecule has 0 saturated carbocycles. The first-order chi connectivity index (χ1) is 8.85. The summed E-state index contributed by atoms with van der Waals surface area (Å²) in [7, 11) is -6.43. The number of hydrogen-bond acceptors (Lipinski definition) is 4. The van der Waals surface area contributed by atoms with Gasteiger partial charge in [-0.1, -0.05) is 28.1 Å². The SMILES string of the molecule is OS1(O)c2ccccc2S(O)(O)c2cc(Br)ccc21. The molecular formula is C12H11BrO4S2. The molecule has 0 radical (unpaired) electrons. The molecule has 7 heteroatoms. The summed E-state index contributed by atoms with van der Waals surface area (Å²) in [5, 5.41) is 0. The van der Waals surface area contributed by atoms with Crippen LogP contribution in [0.25, 0.3) is 0 Å². The van der Waals surface area contributed by atoms with Gasteiger partial charge in [0.1, 0.15) is 0 Å². The van der Waals surface area contributed by atoms with E-state index in [-0.39, 0.29) is 19.6 Å². The van der Waals surface area contributed by atoms with E-state index < -0.39 is 21.2 Å². The molecule has 0 atom stereocenters. The average molecular weight is 363 g/mol. The van der Waals surface area contributed by atoms with E-state index in [1.807, 2.05) is 0 Å². The molecule has 0 saturated heterocycles. The first-order valence-corrected chi connectivity index (χ1v) is 9.19. The Morgan fingerprint density at radius 3 is 1.74 bits per heavy atom. The van der Waals surface area contributed by atoms with Crippen molar-refractivity contribution in [2.24, 2.45) is 0 Å². The van der Waals surface area contributed by atoms with Crippen molar-refractivity contribution in [1.82, 2.24) is 0 Å². The molecule has 19 heavy (non-hydrogen) atoms. The minimum absolute atomic E-state index is 0.167. The van der Waals surface area contributed by atoms with Crippen LogP contribution in [0.3, 0.4) is 0 Å². The van der Waals surface area contributed by atoms with Crippen LogP contribution in [-0.4, -0.2) is 18.2 Å². The summed E-state index contributed by atoms with van der Waals surface area (Å²) >= 11 is 3.26. The molecular weight excluding hydrogens is 352 g/mol. The van der Waals surface area contributed by atoms with Crippen molar-refractivity contribution < 1.29 is 18.2 Å². The number of halogens is 1. The van der Waals surface area contributed by atoms with Crippen LogP contribution in [0.5, 0.6) is 0 Å². The zero-order valence-electron chi connectivity index (χ0n) is 9.52. The van der Waals surface area contributed by atoms with Crippen molar-refractivity contribution in [2.45, 2.75) is 19.6 Å². The third-order valence-electron chi connectivity index (χ3n) is 2.98. The van der Waals surface area contributed by atoms with Gasteiger partial charge in [0.05, 0.1) is 19.6 Å². The Hall–Kier alpha value is -0.540. The van der Waals surface area contributed by atoms with Gasteiger partial charge in [-0.15, -0.1) is 21.2 Å². The zero-order valence-corrected chi connectivity index (χ0v) is 12.7. The number of rotatable bonds is 0. The van der Waals surface area contributed by atoms with Gasteiger partial charge in [-0.2, -0.15) is 0 Å². The van der Waals surface area contributed by atoms with E-state index >= 15 is 0 Å². The Morgan fingerprint density at radius 1 is 0.684 bits per heavy atom. The molecule has 1 heterocycles. The van der Waals surface area contributed by atoms with E-state index in [1.165, 1.54) is 24.3 Å². The highest BCUT2D eigenvalue weighted by atomic mass is 79.9. The van der Waals surface area contributed by atoms with Gasteiger partial charge >= 0.3 is 0 Å². The monoisotopic (exact) mass is 362 g/mol. The van der Waals surface area contributed by atoms with Crippen molar-refractivity contribution in [3.63, 3.8) is 0 Å². The van der Waals surface area contributed by atoms with Crippen molar-refractivity contribution >= 4 is 37.1 Å². The van der Waals surface area contributed by atoms with E-state index in [1.54, 1.807) is 18.2 Å². The normalized spacial score (nSPS) is 21.9. The molecule has 4 N–H and O–H groups in total. The second kappa shape index (κ2) is 4.23. The summed E-state index contributed by atoms with van der Waals surface area (Å²) in [6.07, 6.45) is 0. The Balaban J connectivity index is 2.40. The highest BCUT2D eigenvalue weighted by Gasteiger charge is 2.39. The summed E-state index contributed by atoms with van der Waals surface area (Å²) in [5.41, 5.74) is 0. The van der Waals surface area contributed by atoms with Crippen LogP contribution in [-0.2, 0) is 0 Å². The smallest absolute Gasteiger partial charge is 0.0883 e. The van der Waals surface area contributed by atoms with Crippen molar-refractivity contribution in [2.75, 3.05) is 0 Å². The van der Waals surface area contributed by atoms with Crippen molar-refractivity contribution in [3.8, 4) is 0 Å². The van der Waals surface area contributed by atoms with Gasteiger partial charge in [-0.3, -0.25) is 18.2 Å². The number of fused-ring (bicyclic) bond motifs is 2. The molecule has 102 valence electrons. The van der Waals surface area contributed by atoms with Crippen LogP contribution in [0.2, 0.25) is 0 Å². The minimum atomic E-state index is -3.22. The lowest BCUT2D eigenvalue weighted by atomic mass is 10.3. The summed E-state index contributed by atoms with van der Waals surface area (Å²) in [6, 6.07) is 11.0. The maximum absolute atomic E-state index is 10.4. The first-order valence-electron chi connectivity index (χ1n) is 5.30. The Kier molecular flexibility index (Phi) is 2.99. The fraction of sp³-hybridized carbons (Fsp3) is 0. The largest absolute Gasteiger partial charge is 0.290 e. The van der Waals surface area contributed by atoms with Crippen LogP contribution in [0.15, 0.2) is 66.5 Å². The van der Waals surface area contributed by atoms with Crippen LogP contribution < -0.4 is 0 Å². The summed E-state index contributed by atoms with van der Waals surface area (Å²) in [4.78, 5) is 0.709. The van der Waals surface area contributed by atoms with Gasteiger partial charge in [0.25, 0.3) is 0 Å². The third-order valence-corrected chi connectivity index (χ3v) is 7.59. The molecule has 0 aliphatic carbocycles. The molecule has 1 aliphatic heterocycles. The molecule has 0 amide bonds. The van der Waals surface area contributed by atoms with Crippen molar-refractivity contribution in [1.29, 1.82) is 0 Å². The molecule has 0 fully saturated rings. The van der Waals surface area contributed by atoms with Crippen LogP contribution in [0.1, 0.15) is 0 Å². The lowest BCUT2D eigenvalue weighted by molar-refractivity contribution is 0.453. The highest BCUT2D eigenvalue weighted by molar-refractivity contribution is 9.10. The Bertz CT molecular complexity index is 673. The fourth-order valence-electron chi connectivity index (χ4n) is 2.10. The predicted molar refractivity (Wildman–Crippen MR) is 79.3 cm³/mol. The van der Waals surface area contributed by atoms with Gasteiger partial charge in [-0.25, -0.2) is 0 Å². The van der Waals surface area contributed by atoms with E-state index in [9.17, 15) is 18.2 Å². The topological polar surface area (TPSA) is 80.9 Å². The second-order valence-electron chi connectivity index (χ2n) is 4.14. The molecule has 2 aromatic rings. The quantitative estimate of drug-likeness (QED) is 0.525. The molecule has 0 bridgehead atoms. The van der Waals surface area contributed by atoms with Gasteiger partial charge < -0.3 is 0 Å². The molecule has 2 aromatic carbocycles. The van der Waals surface area contributed by atoms with Crippen LogP contribution in [0.4, 0.5) is 0 Å². The van der Waals surface area contributed by atoms with Gasteiger partial charge in [0.15, 0.2) is 0 Å². The molecule has 0 spiro atoms. The van der Waals surface area contributed by atoms with Crippen LogP contribution >= 0.6 is 37.1 Å². The molecule has 3 rings (SSSR count). The van der Waals surface area contributed by atoms with Crippen molar-refractivity contribution in [3.05, 3.63) is 46.9 Å². The fourth-order valence-corrected chi connectivity index (χ4v) is 6.95. The second-order valence-corrected chi connectivity index (χ2v) is 9.01. The van der Waals surface area contributed by atoms with Gasteiger partial charge in [0, 0.05) is 4.47 Å². The minimum Gasteiger partial charge on any atom is -0.290 e. The average Bonchev–Trinajstić information content (AvgIpc) is 2.37. The standard InChI is InChI=1S/C12H11BrO4S2/c13-8-5-6-11-12(7-8)19(16,17)10-4-2-1-3-9(10)18(11,14)15/h1-7,14-17H. The van der Waals surface area contributed by atoms with E-state index in [2.05, 4.69) is 15.9 Å². The van der Waals surface area contributed by atoms with Crippen LogP contribution in [0, 0.1) is 0 Å². The summed E-state index contributed by atoms with van der Waals surface area (Å²) < 4.78 is 42.4. The Labute approximate surface area is 121 Å². The number of hydrogen-bond donors (Lipinski definition) is 4. The number of benzene rings is 2. The molecule has 0 unspecified atom stereocenters. The van der Waals surface area contributed by atoms with Gasteiger partial charge in [-0.05, 0) is 30.3 Å². The highest BCUT2D eigenvalue weighted by Crippen LogP contribution is 2.74. The maximum atomic E-state index is 10.4. The summed E-state index contributed by atoms with van der Waals surface area (Å²) in [6.45, 7) is 0. The first kappa shape index (κ1) is 13.4. The van der Waals surface area contributed by atoms with E-state index in [4.69, 9.17) is 0 Å². The molecule has 4 nitrogen and oxygen atoms in total. The lowest BCUT2D eigenvalue weighted by Gasteiger charge is -2.47. The van der Waals surface area contributed by atoms with E-state index in [0.29, 0.717) is 4.47 Å². The van der Waals surface area contributed by atoms with Gasteiger partial charge in [0.2, 0.25) is 0 Å². The zero-order chi connectivity index (χ0) is 13.8. The molecule has 1 aliphatic rings. The predicted octanol–water partition coefficient (Wildman–Crippen LogP) is 5.10.